The number of hydrogen-bond donors (Lipinski definition) is 2. The maximum atomic E-state index is 10.9. The van der Waals surface area contributed by atoms with Crippen LogP contribution in [0.2, 0.25) is 0 Å². The Balaban J connectivity index is 3.57. The molecule has 0 aromatic heterocycles. The molecule has 0 bridgehead atoms. The minimum absolute atomic E-state index is 0.120. The van der Waals surface area contributed by atoms with Gasteiger partial charge < -0.3 is 15.2 Å². The van der Waals surface area contributed by atoms with E-state index in [2.05, 4.69) is 5.32 Å². The van der Waals surface area contributed by atoms with Crippen molar-refractivity contribution in [3.8, 4) is 0 Å². The van der Waals surface area contributed by atoms with Crippen molar-refractivity contribution in [2.24, 2.45) is 5.92 Å². The Labute approximate surface area is 79.3 Å². The van der Waals surface area contributed by atoms with Crippen LogP contribution in [0.3, 0.4) is 0 Å². The average molecular weight is 189 g/mol. The lowest BCUT2D eigenvalue weighted by Crippen LogP contribution is -2.37. The zero-order valence-corrected chi connectivity index (χ0v) is 8.54. The fourth-order valence-electron chi connectivity index (χ4n) is 0.816. The van der Waals surface area contributed by atoms with Gasteiger partial charge in [0.2, 0.25) is 0 Å². The number of carbonyl (C=O) groups is 1. The number of aliphatic hydroxyl groups excluding tert-OH is 1. The Morgan fingerprint density at radius 3 is 2.62 bits per heavy atom. The van der Waals surface area contributed by atoms with Crippen LogP contribution >= 0.6 is 0 Å². The zero-order chi connectivity index (χ0) is 10.3. The van der Waals surface area contributed by atoms with Gasteiger partial charge >= 0.3 is 5.97 Å². The largest absolute Gasteiger partial charge is 0.465 e. The van der Waals surface area contributed by atoms with Gasteiger partial charge in [0, 0.05) is 12.6 Å². The van der Waals surface area contributed by atoms with E-state index in [-0.39, 0.29) is 31.1 Å². The summed E-state index contributed by atoms with van der Waals surface area (Å²) in [6, 6.07) is 0.120. The highest BCUT2D eigenvalue weighted by Gasteiger charge is 2.11. The van der Waals surface area contributed by atoms with E-state index in [9.17, 15) is 4.79 Å². The number of carbonyl (C=O) groups excluding carboxylic acids is 1. The molecule has 2 unspecified atom stereocenters. The second kappa shape index (κ2) is 6.86. The van der Waals surface area contributed by atoms with Crippen LogP contribution in [-0.4, -0.2) is 36.9 Å². The molecule has 4 heteroatoms. The van der Waals surface area contributed by atoms with Crippen molar-refractivity contribution in [3.63, 3.8) is 0 Å². The van der Waals surface area contributed by atoms with Crippen molar-refractivity contribution in [3.05, 3.63) is 0 Å². The molecule has 78 valence electrons. The summed E-state index contributed by atoms with van der Waals surface area (Å²) in [5.41, 5.74) is 0. The van der Waals surface area contributed by atoms with Crippen LogP contribution in [0, 0.1) is 5.92 Å². The van der Waals surface area contributed by atoms with Crippen LogP contribution in [0.1, 0.15) is 20.8 Å². The summed E-state index contributed by atoms with van der Waals surface area (Å²) >= 11 is 0. The molecule has 0 rings (SSSR count). The summed E-state index contributed by atoms with van der Waals surface area (Å²) in [4.78, 5) is 10.9. The average Bonchev–Trinajstić information content (AvgIpc) is 2.13. The number of aliphatic hydroxyl groups is 1. The number of hydrogen-bond acceptors (Lipinski definition) is 4. The molecule has 0 aromatic rings. The summed E-state index contributed by atoms with van der Waals surface area (Å²) in [6.07, 6.45) is 0. The Hall–Kier alpha value is -0.610. The molecule has 0 radical (unpaired) electrons. The molecule has 0 aliphatic carbocycles. The van der Waals surface area contributed by atoms with E-state index in [1.165, 1.54) is 0 Å². The van der Waals surface area contributed by atoms with Gasteiger partial charge in [-0.3, -0.25) is 4.79 Å². The molecule has 2 atom stereocenters. The first kappa shape index (κ1) is 12.4. The van der Waals surface area contributed by atoms with E-state index in [0.29, 0.717) is 6.61 Å². The minimum atomic E-state index is -0.250. The van der Waals surface area contributed by atoms with Crippen LogP contribution in [-0.2, 0) is 9.53 Å². The quantitative estimate of drug-likeness (QED) is 0.584. The lowest BCUT2D eigenvalue weighted by molar-refractivity contribution is -0.142. The fourth-order valence-corrected chi connectivity index (χ4v) is 0.816. The molecular formula is C9H19NO3. The third kappa shape index (κ3) is 5.60. The smallest absolute Gasteiger partial charge is 0.319 e. The maximum Gasteiger partial charge on any atom is 0.319 e. The minimum Gasteiger partial charge on any atom is -0.465 e. The van der Waals surface area contributed by atoms with E-state index in [1.807, 2.05) is 13.8 Å². The van der Waals surface area contributed by atoms with Crippen LogP contribution in [0.25, 0.3) is 0 Å². The summed E-state index contributed by atoms with van der Waals surface area (Å²) in [7, 11) is 0. The SMILES string of the molecule is CCOC(=O)CNC(C)C(C)CO. The van der Waals surface area contributed by atoms with Crippen molar-refractivity contribution >= 4 is 5.97 Å². The Morgan fingerprint density at radius 2 is 2.15 bits per heavy atom. The predicted octanol–water partition coefficient (Wildman–Crippen LogP) is 0.156. The lowest BCUT2D eigenvalue weighted by atomic mass is 10.1. The zero-order valence-electron chi connectivity index (χ0n) is 8.54. The summed E-state index contributed by atoms with van der Waals surface area (Å²) in [5, 5.41) is 11.8. The van der Waals surface area contributed by atoms with Crippen molar-refractivity contribution in [2.45, 2.75) is 26.8 Å². The molecule has 4 nitrogen and oxygen atoms in total. The van der Waals surface area contributed by atoms with Gasteiger partial charge in [0.25, 0.3) is 0 Å². The highest BCUT2D eigenvalue weighted by atomic mass is 16.5. The van der Waals surface area contributed by atoms with Gasteiger partial charge in [-0.05, 0) is 19.8 Å². The van der Waals surface area contributed by atoms with Gasteiger partial charge in [-0.1, -0.05) is 6.92 Å². The molecule has 0 saturated carbocycles. The topological polar surface area (TPSA) is 58.6 Å². The first-order chi connectivity index (χ1) is 6.11. The lowest BCUT2D eigenvalue weighted by Gasteiger charge is -2.18. The first-order valence-electron chi connectivity index (χ1n) is 4.61. The van der Waals surface area contributed by atoms with Gasteiger partial charge in [0.1, 0.15) is 0 Å². The Bertz CT molecular complexity index is 150. The first-order valence-corrected chi connectivity index (χ1v) is 4.61. The molecule has 0 aromatic carbocycles. The van der Waals surface area contributed by atoms with Crippen molar-refractivity contribution in [1.29, 1.82) is 0 Å². The van der Waals surface area contributed by atoms with Crippen molar-refractivity contribution in [1.82, 2.24) is 5.32 Å². The summed E-state index contributed by atoms with van der Waals surface area (Å²) < 4.78 is 4.74. The van der Waals surface area contributed by atoms with Gasteiger partial charge in [-0.25, -0.2) is 0 Å². The fraction of sp³-hybridized carbons (Fsp3) is 0.889. The number of nitrogens with one attached hydrogen (secondary N) is 1. The highest BCUT2D eigenvalue weighted by molar-refractivity contribution is 5.71. The highest BCUT2D eigenvalue weighted by Crippen LogP contribution is 1.99. The van der Waals surface area contributed by atoms with Crippen LogP contribution < -0.4 is 5.32 Å². The van der Waals surface area contributed by atoms with Crippen LogP contribution in [0.4, 0.5) is 0 Å². The van der Waals surface area contributed by atoms with Gasteiger partial charge in [0.05, 0.1) is 13.2 Å². The van der Waals surface area contributed by atoms with Gasteiger partial charge in [-0.2, -0.15) is 0 Å². The van der Waals surface area contributed by atoms with Gasteiger partial charge in [-0.15, -0.1) is 0 Å². The summed E-state index contributed by atoms with van der Waals surface area (Å²) in [6.45, 7) is 6.36. The van der Waals surface area contributed by atoms with Crippen LogP contribution in [0.15, 0.2) is 0 Å². The maximum absolute atomic E-state index is 10.9. The molecular weight excluding hydrogens is 170 g/mol. The second-order valence-corrected chi connectivity index (χ2v) is 3.13. The van der Waals surface area contributed by atoms with E-state index < -0.39 is 0 Å². The Kier molecular flexibility index (Phi) is 6.54. The number of ether oxygens (including phenoxy) is 1. The molecule has 0 saturated heterocycles. The molecule has 0 spiro atoms. The molecule has 0 amide bonds. The van der Waals surface area contributed by atoms with Crippen LogP contribution in [0.5, 0.6) is 0 Å². The molecule has 0 aliphatic rings. The predicted molar refractivity (Wildman–Crippen MR) is 50.3 cm³/mol. The molecule has 0 fully saturated rings. The monoisotopic (exact) mass is 189 g/mol. The normalized spacial score (nSPS) is 15.1. The molecule has 0 heterocycles. The Morgan fingerprint density at radius 1 is 1.54 bits per heavy atom. The van der Waals surface area contributed by atoms with E-state index >= 15 is 0 Å². The number of rotatable bonds is 6. The summed E-state index contributed by atoms with van der Waals surface area (Å²) in [5.74, 6) is -0.103. The van der Waals surface area contributed by atoms with E-state index in [0.717, 1.165) is 0 Å². The standard InChI is InChI=1S/C9H19NO3/c1-4-13-9(12)5-10-8(3)7(2)6-11/h7-8,10-11H,4-6H2,1-3H3. The van der Waals surface area contributed by atoms with Gasteiger partial charge in [0.15, 0.2) is 0 Å². The van der Waals surface area contributed by atoms with Crippen molar-refractivity contribution in [2.75, 3.05) is 19.8 Å². The molecule has 13 heavy (non-hydrogen) atoms. The third-order valence-electron chi connectivity index (χ3n) is 2.02. The molecule has 2 N–H and O–H groups in total. The molecule has 0 aliphatic heterocycles. The van der Waals surface area contributed by atoms with E-state index in [4.69, 9.17) is 9.84 Å². The number of esters is 1. The van der Waals surface area contributed by atoms with Crippen molar-refractivity contribution < 1.29 is 14.6 Å². The second-order valence-electron chi connectivity index (χ2n) is 3.13. The third-order valence-corrected chi connectivity index (χ3v) is 2.02. The van der Waals surface area contributed by atoms with E-state index in [1.54, 1.807) is 6.92 Å².